The van der Waals surface area contributed by atoms with E-state index in [1.807, 2.05) is 73.7 Å². The number of aromatic nitrogens is 2. The number of hydrogen-bond acceptors (Lipinski definition) is 19. The van der Waals surface area contributed by atoms with Crippen LogP contribution in [0.3, 0.4) is 0 Å². The van der Waals surface area contributed by atoms with Crippen LogP contribution in [0.4, 0.5) is 0 Å². The third-order valence-corrected chi connectivity index (χ3v) is 23.6. The van der Waals surface area contributed by atoms with Gasteiger partial charge in [0.25, 0.3) is 0 Å². The highest BCUT2D eigenvalue weighted by Crippen LogP contribution is 2.31. The second kappa shape index (κ2) is 48.5. The van der Waals surface area contributed by atoms with E-state index in [4.69, 9.17) is 22.6 Å². The number of aliphatic carboxylic acids is 1. The van der Waals surface area contributed by atoms with Gasteiger partial charge in [0.2, 0.25) is 82.7 Å². The van der Waals surface area contributed by atoms with Crippen molar-refractivity contribution in [2.75, 3.05) is 37.7 Å². The molecule has 1 aliphatic carbocycles. The fourth-order valence-electron chi connectivity index (χ4n) is 15.2. The summed E-state index contributed by atoms with van der Waals surface area (Å²) < 4.78 is 0. The summed E-state index contributed by atoms with van der Waals surface area (Å²) in [6.45, 7) is 6.53. The molecule has 5 aromatic carbocycles. The zero-order valence-electron chi connectivity index (χ0n) is 72.3. The molecule has 0 radical (unpaired) electrons. The highest BCUT2D eigenvalue weighted by molar-refractivity contribution is 8.00. The number of primary amides is 1. The van der Waals surface area contributed by atoms with Crippen LogP contribution in [0.5, 0.6) is 0 Å². The van der Waals surface area contributed by atoms with Crippen LogP contribution in [0.1, 0.15) is 133 Å². The van der Waals surface area contributed by atoms with Crippen LogP contribution < -0.4 is 91.6 Å². The van der Waals surface area contributed by atoms with Crippen molar-refractivity contribution in [3.63, 3.8) is 0 Å². The lowest BCUT2D eigenvalue weighted by Gasteiger charge is -2.29. The molecule has 2 aliphatic rings. The maximum atomic E-state index is 15.3. The van der Waals surface area contributed by atoms with Crippen LogP contribution in [0.2, 0.25) is 0 Å². The van der Waals surface area contributed by atoms with Gasteiger partial charge in [-0.25, -0.2) is 0 Å². The minimum Gasteiger partial charge on any atom is -0.481 e. The predicted octanol–water partition coefficient (Wildman–Crippen LogP) is 0.778. The van der Waals surface area contributed by atoms with E-state index in [-0.39, 0.29) is 83.1 Å². The molecule has 37 nitrogen and oxygen atoms in total. The SMILES string of the molecule is CCCC[C@@H]1NC(=O)[C@H](Cc2c[nH]c3ccccc23)NC(=O)[C@H](CC(=O)O)NC(=O)[C@H](CCCNC(=N)N)NC(=O)CNC(=O)[C@H](CO)NC(=O)[C@@H]([C@@H](C)CC)NC(=O)[C@H](Cc2ccc3ccccc3c2)NC(=O)[C@H](CC2=CCc3ccccc32)NC(=O)CSC[C@@H](C(N)=O)NC(=O)[C@H](C(C)C)NC(=O)[C@H](Cc2c[nH]c3ccccc23)NC(=O)[C@@H](CCCCN)NC1=O. The molecule has 9 rings (SSSR count). The third-order valence-electron chi connectivity index (χ3n) is 22.5. The first-order valence-corrected chi connectivity index (χ1v) is 44.2. The molecule has 7 aromatic rings. The molecule has 686 valence electrons. The summed E-state index contributed by atoms with van der Waals surface area (Å²) in [5, 5.41) is 68.7. The largest absolute Gasteiger partial charge is 0.481 e. The number of thioether (sulfide) groups is 1. The Kier molecular flexibility index (Phi) is 37.3. The molecule has 0 saturated carbocycles. The van der Waals surface area contributed by atoms with E-state index in [1.165, 1.54) is 0 Å². The van der Waals surface area contributed by atoms with E-state index < -0.39 is 204 Å². The number of aromatic amines is 2. The molecule has 3 heterocycles. The van der Waals surface area contributed by atoms with Gasteiger partial charge < -0.3 is 112 Å². The van der Waals surface area contributed by atoms with Gasteiger partial charge in [-0.2, -0.15) is 0 Å². The number of carboxylic acid groups (broad SMARTS) is 1. The van der Waals surface area contributed by atoms with Gasteiger partial charge in [-0.05, 0) is 120 Å². The molecular weight excluding hydrogens is 1670 g/mol. The zero-order chi connectivity index (χ0) is 92.7. The smallest absolute Gasteiger partial charge is 0.305 e. The molecule has 1 fully saturated rings. The molecule has 1 aliphatic heterocycles. The molecular formula is C90H118N20O17S. The number of carbonyl (C=O) groups is 15. The first kappa shape index (κ1) is 98.6. The summed E-state index contributed by atoms with van der Waals surface area (Å²) in [4.78, 5) is 225. The number of hydrogen-bond donors (Lipinski definition) is 22. The Morgan fingerprint density at radius 3 is 1.58 bits per heavy atom. The fourth-order valence-corrected chi connectivity index (χ4v) is 16.1. The summed E-state index contributed by atoms with van der Waals surface area (Å²) >= 11 is 0.871. The summed E-state index contributed by atoms with van der Waals surface area (Å²) in [6.07, 6.45) is 4.94. The molecule has 0 unspecified atom stereocenters. The van der Waals surface area contributed by atoms with Gasteiger partial charge >= 0.3 is 5.97 Å². The maximum Gasteiger partial charge on any atom is 0.305 e. The quantitative estimate of drug-likeness (QED) is 0.0202. The van der Waals surface area contributed by atoms with Crippen LogP contribution >= 0.6 is 11.8 Å². The van der Waals surface area contributed by atoms with Crippen molar-refractivity contribution < 1.29 is 82.1 Å². The number of carbonyl (C=O) groups excluding carboxylic acids is 14. The molecule has 0 bridgehead atoms. The lowest BCUT2D eigenvalue weighted by molar-refractivity contribution is -0.141. The lowest BCUT2D eigenvalue weighted by Crippen LogP contribution is -2.61. The number of para-hydroxylation sites is 2. The topological polar surface area (TPSA) is 598 Å². The van der Waals surface area contributed by atoms with Crippen molar-refractivity contribution in [3.05, 3.63) is 162 Å². The Morgan fingerprint density at radius 2 is 1.00 bits per heavy atom. The molecule has 25 N–H and O–H groups in total. The minimum atomic E-state index is -2.01. The van der Waals surface area contributed by atoms with Crippen molar-refractivity contribution >= 4 is 145 Å². The number of H-pyrrole nitrogens is 2. The van der Waals surface area contributed by atoms with Gasteiger partial charge in [-0.3, -0.25) is 77.3 Å². The van der Waals surface area contributed by atoms with Crippen molar-refractivity contribution in [3.8, 4) is 0 Å². The van der Waals surface area contributed by atoms with Crippen LogP contribution in [0, 0.1) is 17.2 Å². The van der Waals surface area contributed by atoms with Gasteiger partial charge in [-0.15, -0.1) is 11.8 Å². The van der Waals surface area contributed by atoms with Crippen molar-refractivity contribution in [1.82, 2.24) is 84.4 Å². The van der Waals surface area contributed by atoms with Crippen molar-refractivity contribution in [1.29, 1.82) is 5.41 Å². The normalized spacial score (nSPS) is 22.9. The number of allylic oxidation sites excluding steroid dienone is 1. The molecule has 38 heteroatoms. The van der Waals surface area contributed by atoms with Gasteiger partial charge in [0, 0.05) is 72.2 Å². The summed E-state index contributed by atoms with van der Waals surface area (Å²) in [7, 11) is 0. The minimum absolute atomic E-state index is 0.0144. The summed E-state index contributed by atoms with van der Waals surface area (Å²) in [5.74, 6) is -17.8. The maximum absolute atomic E-state index is 15.3. The van der Waals surface area contributed by atoms with E-state index >= 15 is 28.8 Å². The van der Waals surface area contributed by atoms with E-state index in [0.29, 0.717) is 69.8 Å². The number of guanidine groups is 1. The van der Waals surface area contributed by atoms with Crippen LogP contribution in [0.25, 0.3) is 38.2 Å². The molecule has 14 amide bonds. The van der Waals surface area contributed by atoms with E-state index in [1.54, 1.807) is 94.7 Å². The molecule has 0 spiro atoms. The summed E-state index contributed by atoms with van der Waals surface area (Å²) in [6, 6.07) is 15.5. The standard InChI is InChI=1S/C90H118N20O17S/c1-6-8-26-64-81(119)101-65(29-17-18-35-91)82(120)104-69(41-57-44-97-62-28-16-14-25-60(57)62)87(125)109-76(49(3)4)88(126)108-72(78(92)116)47-128-48-74(113)100-67(39-55-34-33-53-21-11-12-23-58(53)55)83(121)103-66(38-51-31-32-52-20-9-10-22-54(52)37-51)86(124)110-77(50(5)7-2)89(127)107-71(46-111)79(117)98-45-73(112)99-63(30-19-36-95-90(93)94)80(118)106-70(42-75(114)115)85(123)105-68(84(122)102-64)40-56-43-96-61-27-15-13-24-59(56)61/h9-16,20-25,27-28,31-32,34,37,43-44,49-50,63-72,76-77,96-97,111H,6-8,17-19,26,29-30,33,35-36,38-42,45-48,91H2,1-5H3,(H2,92,116)(H,98,117)(H,99,112)(H,100,113)(H,101,119)(H,102,122)(H,103,121)(H,104,120)(H,105,123)(H,106,118)(H,107,127)(H,108,126)(H,109,125)(H,110,124)(H,114,115)(H4,93,94,95)/t50-,63-,64-,65+,66-,67-,68-,69-,70-,71-,72-,76-,77+/m0/s1. The molecule has 13 atom stereocenters. The van der Waals surface area contributed by atoms with E-state index in [9.17, 15) is 53.4 Å². The number of unbranched alkanes of at least 4 members (excludes halogenated alkanes) is 2. The second-order valence-electron chi connectivity index (χ2n) is 32.5. The van der Waals surface area contributed by atoms with Gasteiger partial charge in [-0.1, -0.05) is 163 Å². The number of nitrogens with one attached hydrogen (secondary N) is 17. The second-order valence-corrected chi connectivity index (χ2v) is 33.5. The van der Waals surface area contributed by atoms with Crippen LogP contribution in [0.15, 0.2) is 134 Å². The first-order valence-electron chi connectivity index (χ1n) is 43.1. The van der Waals surface area contributed by atoms with Gasteiger partial charge in [0.15, 0.2) is 5.96 Å². The monoisotopic (exact) mass is 1780 g/mol. The van der Waals surface area contributed by atoms with E-state index in [0.717, 1.165) is 33.7 Å². The number of carboxylic acids is 1. The Bertz CT molecular complexity index is 5190. The number of rotatable bonds is 26. The molecule has 128 heavy (non-hydrogen) atoms. The van der Waals surface area contributed by atoms with Crippen LogP contribution in [-0.4, -0.2) is 225 Å². The molecule has 1 saturated heterocycles. The Hall–Kier alpha value is -13.2. The fraction of sp³-hybridized carbons (Fsp3) is 0.444. The first-order chi connectivity index (χ1) is 61.3. The van der Waals surface area contributed by atoms with Crippen molar-refractivity contribution in [2.45, 2.75) is 203 Å². The number of benzene rings is 5. The van der Waals surface area contributed by atoms with Gasteiger partial charge in [0.1, 0.15) is 72.5 Å². The number of amides is 14. The van der Waals surface area contributed by atoms with Crippen LogP contribution in [-0.2, 0) is 97.6 Å². The number of fused-ring (bicyclic) bond motifs is 4. The lowest BCUT2D eigenvalue weighted by atomic mass is 9.96. The molecule has 2 aromatic heterocycles. The Morgan fingerprint density at radius 1 is 0.508 bits per heavy atom. The number of nitrogens with two attached hydrogens (primary N) is 3. The number of aliphatic hydroxyl groups is 1. The highest BCUT2D eigenvalue weighted by atomic mass is 32.2. The average Bonchev–Trinajstić information content (AvgIpc) is 1.62. The van der Waals surface area contributed by atoms with Gasteiger partial charge in [0.05, 0.1) is 25.3 Å². The third kappa shape index (κ3) is 28.6. The summed E-state index contributed by atoms with van der Waals surface area (Å²) in [5.41, 5.74) is 22.8. The Balaban J connectivity index is 1.07. The zero-order valence-corrected chi connectivity index (χ0v) is 73.1. The van der Waals surface area contributed by atoms with E-state index in [2.05, 4.69) is 84.4 Å². The average molecular weight is 1780 g/mol. The van der Waals surface area contributed by atoms with Crippen molar-refractivity contribution in [2.24, 2.45) is 29.0 Å². The predicted molar refractivity (Wildman–Crippen MR) is 482 cm³/mol. The number of aliphatic hydroxyl groups excluding tert-OH is 1. The highest BCUT2D eigenvalue weighted by Gasteiger charge is 2.40. The Labute approximate surface area is 744 Å².